The molecule has 1 aliphatic heterocycles. The van der Waals surface area contributed by atoms with Gasteiger partial charge in [-0.3, -0.25) is 9.36 Å². The minimum Gasteiger partial charge on any atom is -0.391 e. The lowest BCUT2D eigenvalue weighted by molar-refractivity contribution is -0.0777. The minimum absolute atomic E-state index is 0.110. The van der Waals surface area contributed by atoms with Crippen LogP contribution in [0.4, 0.5) is 0 Å². The van der Waals surface area contributed by atoms with Crippen molar-refractivity contribution in [3.8, 4) is 0 Å². The molecule has 9 heteroatoms. The molecular formula is C11H14N4O5. The summed E-state index contributed by atoms with van der Waals surface area (Å²) in [5, 5.41) is 29.4. The molecule has 1 unspecified atom stereocenters. The van der Waals surface area contributed by atoms with Gasteiger partial charge in [0, 0.05) is 0 Å². The first-order valence-corrected chi connectivity index (χ1v) is 6.10. The van der Waals surface area contributed by atoms with Crippen molar-refractivity contribution >= 4 is 11.2 Å². The number of nitrogens with zero attached hydrogens (tertiary/aromatic N) is 3. The quantitative estimate of drug-likeness (QED) is 0.506. The molecule has 0 bridgehead atoms. The molecule has 5 atom stereocenters. The van der Waals surface area contributed by atoms with Gasteiger partial charge in [0.15, 0.2) is 17.4 Å². The van der Waals surface area contributed by atoms with Gasteiger partial charge in [0.25, 0.3) is 5.56 Å². The minimum atomic E-state index is -1.26. The Balaban J connectivity index is 2.04. The van der Waals surface area contributed by atoms with Crippen LogP contribution in [0.15, 0.2) is 17.4 Å². The van der Waals surface area contributed by atoms with E-state index in [4.69, 9.17) is 4.74 Å². The van der Waals surface area contributed by atoms with E-state index < -0.39 is 36.2 Å². The lowest BCUT2D eigenvalue weighted by Crippen LogP contribution is -2.37. The topological polar surface area (TPSA) is 133 Å². The second-order valence-corrected chi connectivity index (χ2v) is 4.77. The van der Waals surface area contributed by atoms with E-state index >= 15 is 0 Å². The smallest absolute Gasteiger partial charge is 0.278 e. The second kappa shape index (κ2) is 4.63. The Morgan fingerprint density at radius 2 is 2.15 bits per heavy atom. The number of fused-ring (bicyclic) bond motifs is 1. The molecule has 2 aromatic heterocycles. The zero-order valence-electron chi connectivity index (χ0n) is 10.5. The van der Waals surface area contributed by atoms with Crippen LogP contribution >= 0.6 is 0 Å². The molecule has 0 aliphatic carbocycles. The summed E-state index contributed by atoms with van der Waals surface area (Å²) in [4.78, 5) is 21.9. The van der Waals surface area contributed by atoms with Gasteiger partial charge in [0.1, 0.15) is 18.3 Å². The number of imidazole rings is 1. The maximum atomic E-state index is 11.6. The molecule has 0 saturated carbocycles. The molecule has 3 heterocycles. The fourth-order valence-corrected chi connectivity index (χ4v) is 2.36. The summed E-state index contributed by atoms with van der Waals surface area (Å²) in [5.41, 5.74) is -0.0663. The number of rotatable bonds is 2. The molecule has 0 amide bonds. The Labute approximate surface area is 112 Å². The van der Waals surface area contributed by atoms with Crippen LogP contribution in [0, 0.1) is 0 Å². The van der Waals surface area contributed by atoms with E-state index in [2.05, 4.69) is 15.0 Å². The van der Waals surface area contributed by atoms with Gasteiger partial charge in [-0.25, -0.2) is 9.97 Å². The average Bonchev–Trinajstić information content (AvgIpc) is 2.94. The molecule has 0 spiro atoms. The first-order chi connectivity index (χ1) is 9.50. The summed E-state index contributed by atoms with van der Waals surface area (Å²) in [6.45, 7) is 1.46. The molecule has 20 heavy (non-hydrogen) atoms. The van der Waals surface area contributed by atoms with E-state index in [1.165, 1.54) is 24.1 Å². The Morgan fingerprint density at radius 3 is 2.80 bits per heavy atom. The van der Waals surface area contributed by atoms with Gasteiger partial charge in [-0.1, -0.05) is 0 Å². The molecule has 3 rings (SSSR count). The van der Waals surface area contributed by atoms with Crippen LogP contribution in [0.3, 0.4) is 0 Å². The van der Waals surface area contributed by atoms with Gasteiger partial charge in [-0.05, 0) is 6.92 Å². The fourth-order valence-electron chi connectivity index (χ4n) is 2.36. The highest BCUT2D eigenvalue weighted by molar-refractivity contribution is 5.68. The molecule has 0 aromatic carbocycles. The Morgan fingerprint density at radius 1 is 1.40 bits per heavy atom. The zero-order valence-corrected chi connectivity index (χ0v) is 10.5. The van der Waals surface area contributed by atoms with Crippen LogP contribution in [0.5, 0.6) is 0 Å². The number of hydrogen-bond donors (Lipinski definition) is 4. The summed E-state index contributed by atoms with van der Waals surface area (Å²) in [6, 6.07) is 0. The van der Waals surface area contributed by atoms with E-state index in [9.17, 15) is 20.1 Å². The number of aromatic amines is 1. The first-order valence-electron chi connectivity index (χ1n) is 6.10. The summed E-state index contributed by atoms with van der Waals surface area (Å²) in [5.74, 6) is 0. The highest BCUT2D eigenvalue weighted by Gasteiger charge is 2.46. The molecule has 108 valence electrons. The number of hydrogen-bond acceptors (Lipinski definition) is 7. The zero-order chi connectivity index (χ0) is 14.4. The standard InChI is InChI=1S/C11H14N4O5/c1-4(16)8-6(17)7(18)11(20-8)15-3-14-5-9(15)12-2-13-10(5)19/h2-4,6-8,11,16-18H,1H3,(H,12,13,19)/t4?,6-,7+,8+,11+/m1/s1. The average molecular weight is 282 g/mol. The van der Waals surface area contributed by atoms with Crippen molar-refractivity contribution in [2.75, 3.05) is 0 Å². The van der Waals surface area contributed by atoms with Gasteiger partial charge in [-0.2, -0.15) is 0 Å². The third-order valence-electron chi connectivity index (χ3n) is 3.39. The van der Waals surface area contributed by atoms with Crippen molar-refractivity contribution in [3.05, 3.63) is 23.0 Å². The van der Waals surface area contributed by atoms with E-state index in [1.54, 1.807) is 0 Å². The predicted octanol–water partition coefficient (Wildman–Crippen LogP) is -1.88. The highest BCUT2D eigenvalue weighted by atomic mass is 16.6. The number of aliphatic hydroxyl groups excluding tert-OH is 3. The SMILES string of the molecule is CC(O)[C@@H]1O[C@H](n2cnc3c(=O)[nH]cnc32)[C@@H](O)[C@H]1O. The third-order valence-corrected chi connectivity index (χ3v) is 3.39. The monoisotopic (exact) mass is 282 g/mol. The number of aromatic nitrogens is 4. The summed E-state index contributed by atoms with van der Waals surface area (Å²) in [7, 11) is 0. The Kier molecular flexibility index (Phi) is 3.05. The second-order valence-electron chi connectivity index (χ2n) is 4.77. The summed E-state index contributed by atoms with van der Waals surface area (Å²) < 4.78 is 6.82. The molecular weight excluding hydrogens is 268 g/mol. The molecule has 9 nitrogen and oxygen atoms in total. The van der Waals surface area contributed by atoms with Gasteiger partial charge < -0.3 is 25.0 Å². The summed E-state index contributed by atoms with van der Waals surface area (Å²) >= 11 is 0. The lowest BCUT2D eigenvalue weighted by atomic mass is 10.1. The number of H-pyrrole nitrogens is 1. The first kappa shape index (κ1) is 13.2. The maximum absolute atomic E-state index is 11.6. The third kappa shape index (κ3) is 1.83. The van der Waals surface area contributed by atoms with Crippen molar-refractivity contribution < 1.29 is 20.1 Å². The van der Waals surface area contributed by atoms with E-state index in [1.807, 2.05) is 0 Å². The van der Waals surface area contributed by atoms with Crippen LogP contribution in [0.25, 0.3) is 11.2 Å². The number of nitrogens with one attached hydrogen (secondary N) is 1. The highest BCUT2D eigenvalue weighted by Crippen LogP contribution is 2.32. The van der Waals surface area contributed by atoms with Crippen LogP contribution < -0.4 is 5.56 Å². The van der Waals surface area contributed by atoms with Gasteiger partial charge >= 0.3 is 0 Å². The van der Waals surface area contributed by atoms with Gasteiger partial charge in [0.2, 0.25) is 0 Å². The van der Waals surface area contributed by atoms with Crippen molar-refractivity contribution in [1.29, 1.82) is 0 Å². The molecule has 0 radical (unpaired) electrons. The van der Waals surface area contributed by atoms with E-state index in [-0.39, 0.29) is 11.2 Å². The predicted molar refractivity (Wildman–Crippen MR) is 65.8 cm³/mol. The molecule has 2 aromatic rings. The molecule has 4 N–H and O–H groups in total. The van der Waals surface area contributed by atoms with Crippen LogP contribution in [0.1, 0.15) is 13.2 Å². The normalized spacial score (nSPS) is 31.8. The number of ether oxygens (including phenoxy) is 1. The van der Waals surface area contributed by atoms with Crippen molar-refractivity contribution in [2.24, 2.45) is 0 Å². The number of aliphatic hydroxyl groups is 3. The van der Waals surface area contributed by atoms with Crippen molar-refractivity contribution in [1.82, 2.24) is 19.5 Å². The Hall–Kier alpha value is -1.81. The maximum Gasteiger partial charge on any atom is 0.278 e. The molecule has 1 fully saturated rings. The van der Waals surface area contributed by atoms with E-state index in [0.717, 1.165) is 0 Å². The lowest BCUT2D eigenvalue weighted by Gasteiger charge is -2.17. The molecule has 1 saturated heterocycles. The van der Waals surface area contributed by atoms with Gasteiger partial charge in [-0.15, -0.1) is 0 Å². The van der Waals surface area contributed by atoms with Crippen LogP contribution in [-0.4, -0.2) is 59.3 Å². The largest absolute Gasteiger partial charge is 0.391 e. The van der Waals surface area contributed by atoms with E-state index in [0.29, 0.717) is 0 Å². The fraction of sp³-hybridized carbons (Fsp3) is 0.545. The van der Waals surface area contributed by atoms with Crippen LogP contribution in [-0.2, 0) is 4.74 Å². The van der Waals surface area contributed by atoms with Crippen molar-refractivity contribution in [3.63, 3.8) is 0 Å². The van der Waals surface area contributed by atoms with Crippen molar-refractivity contribution in [2.45, 2.75) is 37.6 Å². The summed E-state index contributed by atoms with van der Waals surface area (Å²) in [6.07, 6.45) is -2.81. The Bertz CT molecular complexity index is 681. The van der Waals surface area contributed by atoms with Crippen LogP contribution in [0.2, 0.25) is 0 Å². The molecule has 1 aliphatic rings. The van der Waals surface area contributed by atoms with Gasteiger partial charge in [0.05, 0.1) is 18.8 Å².